The molecule has 0 aliphatic carbocycles. The van der Waals surface area contributed by atoms with E-state index in [2.05, 4.69) is 10.1 Å². The van der Waals surface area contributed by atoms with Gasteiger partial charge in [-0.25, -0.2) is 4.79 Å². The minimum absolute atomic E-state index is 0.0129. The van der Waals surface area contributed by atoms with E-state index in [4.69, 9.17) is 4.74 Å². The van der Waals surface area contributed by atoms with Crippen molar-refractivity contribution in [3.63, 3.8) is 0 Å². The Labute approximate surface area is 105 Å². The fraction of sp³-hybridized carbons (Fsp3) is 0.231. The Hall–Kier alpha value is -2.30. The molecule has 0 fully saturated rings. The van der Waals surface area contributed by atoms with Crippen LogP contribution in [0.4, 0.5) is 0 Å². The highest BCUT2D eigenvalue weighted by Gasteiger charge is 1.98. The Morgan fingerprint density at radius 1 is 1.28 bits per heavy atom. The Bertz CT molecular complexity index is 414. The zero-order valence-corrected chi connectivity index (χ0v) is 10.1. The van der Waals surface area contributed by atoms with Gasteiger partial charge in [0.15, 0.2) is 0 Å². The third kappa shape index (κ3) is 5.69. The third-order valence-corrected chi connectivity index (χ3v) is 2.04. The Kier molecular flexibility index (Phi) is 6.03. The number of carbonyl (C=O) groups excluding carboxylic acids is 2. The van der Waals surface area contributed by atoms with E-state index in [0.29, 0.717) is 0 Å². The maximum absolute atomic E-state index is 11.3. The van der Waals surface area contributed by atoms with Crippen LogP contribution in [-0.2, 0) is 25.7 Å². The van der Waals surface area contributed by atoms with Gasteiger partial charge in [-0.2, -0.15) is 0 Å². The van der Waals surface area contributed by atoms with Crippen LogP contribution in [0.25, 0.3) is 0 Å². The molecule has 1 N–H and O–H groups in total. The number of methoxy groups -OCH3 is 1. The van der Waals surface area contributed by atoms with Crippen molar-refractivity contribution in [2.24, 2.45) is 0 Å². The topological polar surface area (TPSA) is 64.6 Å². The summed E-state index contributed by atoms with van der Waals surface area (Å²) in [6.07, 6.45) is 2.57. The summed E-state index contributed by atoms with van der Waals surface area (Å²) in [6, 6.07) is 9.37. The molecule has 5 heteroatoms. The van der Waals surface area contributed by atoms with Gasteiger partial charge in [-0.05, 0) is 5.56 Å². The molecular weight excluding hydrogens is 234 g/mol. The predicted octanol–water partition coefficient (Wildman–Crippen LogP) is 1.01. The maximum Gasteiger partial charge on any atom is 0.332 e. The lowest BCUT2D eigenvalue weighted by Crippen LogP contribution is -2.19. The molecule has 0 heterocycles. The molecule has 0 atom stereocenters. The second-order valence-corrected chi connectivity index (χ2v) is 3.38. The van der Waals surface area contributed by atoms with E-state index in [0.717, 1.165) is 5.56 Å². The van der Waals surface area contributed by atoms with Crippen molar-refractivity contribution >= 4 is 11.9 Å². The number of carbonyl (C=O) groups is 2. The van der Waals surface area contributed by atoms with E-state index in [-0.39, 0.29) is 13.2 Å². The molecule has 1 aromatic carbocycles. The zero-order chi connectivity index (χ0) is 13.2. The van der Waals surface area contributed by atoms with Crippen LogP contribution in [0.3, 0.4) is 0 Å². The van der Waals surface area contributed by atoms with E-state index in [9.17, 15) is 9.59 Å². The van der Waals surface area contributed by atoms with Crippen LogP contribution in [0.2, 0.25) is 0 Å². The SMILES string of the molecule is COC(=O)CN/C=C/C(=O)OCc1ccccc1. The van der Waals surface area contributed by atoms with E-state index in [1.54, 1.807) is 0 Å². The summed E-state index contributed by atoms with van der Waals surface area (Å²) in [5.74, 6) is -0.881. The van der Waals surface area contributed by atoms with Crippen molar-refractivity contribution in [2.45, 2.75) is 6.61 Å². The predicted molar refractivity (Wildman–Crippen MR) is 65.4 cm³/mol. The first-order valence-electron chi connectivity index (χ1n) is 5.40. The van der Waals surface area contributed by atoms with Gasteiger partial charge in [0, 0.05) is 12.3 Å². The summed E-state index contributed by atoms with van der Waals surface area (Å²) in [7, 11) is 1.29. The lowest BCUT2D eigenvalue weighted by molar-refractivity contribution is -0.140. The van der Waals surface area contributed by atoms with E-state index in [1.807, 2.05) is 30.3 Å². The lowest BCUT2D eigenvalue weighted by atomic mass is 10.2. The monoisotopic (exact) mass is 249 g/mol. The molecule has 0 aliphatic heterocycles. The van der Waals surface area contributed by atoms with Gasteiger partial charge in [0.1, 0.15) is 13.2 Å². The van der Waals surface area contributed by atoms with Gasteiger partial charge in [-0.15, -0.1) is 0 Å². The third-order valence-electron chi connectivity index (χ3n) is 2.04. The van der Waals surface area contributed by atoms with Gasteiger partial charge in [0.25, 0.3) is 0 Å². The van der Waals surface area contributed by atoms with Crippen molar-refractivity contribution in [3.8, 4) is 0 Å². The Morgan fingerprint density at radius 2 is 2.00 bits per heavy atom. The molecule has 1 aromatic rings. The average Bonchev–Trinajstić information content (AvgIpc) is 2.42. The van der Waals surface area contributed by atoms with Crippen molar-refractivity contribution < 1.29 is 19.1 Å². The minimum atomic E-state index is -0.476. The van der Waals surface area contributed by atoms with Crippen molar-refractivity contribution in [1.82, 2.24) is 5.32 Å². The zero-order valence-electron chi connectivity index (χ0n) is 10.1. The van der Waals surface area contributed by atoms with Gasteiger partial charge >= 0.3 is 11.9 Å². The van der Waals surface area contributed by atoms with Gasteiger partial charge < -0.3 is 14.8 Å². The van der Waals surface area contributed by atoms with Crippen molar-refractivity contribution in [1.29, 1.82) is 0 Å². The van der Waals surface area contributed by atoms with Crippen LogP contribution in [0.15, 0.2) is 42.6 Å². The molecule has 96 valence electrons. The lowest BCUT2D eigenvalue weighted by Gasteiger charge is -2.02. The summed E-state index contributed by atoms with van der Waals surface area (Å²) >= 11 is 0. The first-order valence-corrected chi connectivity index (χ1v) is 5.40. The summed E-state index contributed by atoms with van der Waals surface area (Å²) in [5, 5.41) is 2.61. The number of nitrogens with one attached hydrogen (secondary N) is 1. The van der Waals surface area contributed by atoms with Crippen molar-refractivity contribution in [3.05, 3.63) is 48.2 Å². The van der Waals surface area contributed by atoms with Crippen LogP contribution in [0.1, 0.15) is 5.56 Å². The highest BCUT2D eigenvalue weighted by Crippen LogP contribution is 2.00. The smallest absolute Gasteiger partial charge is 0.332 e. The molecule has 0 radical (unpaired) electrons. The summed E-state index contributed by atoms with van der Waals surface area (Å²) in [4.78, 5) is 22.0. The molecule has 0 amide bonds. The summed E-state index contributed by atoms with van der Waals surface area (Å²) < 4.78 is 9.39. The number of hydrogen-bond donors (Lipinski definition) is 1. The second-order valence-electron chi connectivity index (χ2n) is 3.38. The van der Waals surface area contributed by atoms with E-state index in [1.165, 1.54) is 19.4 Å². The number of esters is 2. The standard InChI is InChI=1S/C13H15NO4/c1-17-13(16)9-14-8-7-12(15)18-10-11-5-3-2-4-6-11/h2-8,14H,9-10H2,1H3/b8-7+. The molecular formula is C13H15NO4. The van der Waals surface area contributed by atoms with Gasteiger partial charge in [-0.3, -0.25) is 4.79 Å². The summed E-state index contributed by atoms with van der Waals surface area (Å²) in [5.41, 5.74) is 0.918. The number of hydrogen-bond acceptors (Lipinski definition) is 5. The fourth-order valence-corrected chi connectivity index (χ4v) is 1.12. The first-order chi connectivity index (χ1) is 8.72. The quantitative estimate of drug-likeness (QED) is 0.602. The fourth-order valence-electron chi connectivity index (χ4n) is 1.12. The normalized spacial score (nSPS) is 10.1. The minimum Gasteiger partial charge on any atom is -0.468 e. The number of benzene rings is 1. The molecule has 0 saturated carbocycles. The first kappa shape index (κ1) is 13.8. The highest BCUT2D eigenvalue weighted by molar-refractivity contribution is 5.81. The molecule has 18 heavy (non-hydrogen) atoms. The number of rotatable bonds is 6. The molecule has 0 saturated heterocycles. The molecule has 0 aliphatic rings. The average molecular weight is 249 g/mol. The van der Waals surface area contributed by atoms with Gasteiger partial charge in [0.2, 0.25) is 0 Å². The molecule has 5 nitrogen and oxygen atoms in total. The Morgan fingerprint density at radius 3 is 2.67 bits per heavy atom. The number of ether oxygens (including phenoxy) is 2. The molecule has 0 bridgehead atoms. The van der Waals surface area contributed by atoms with Crippen molar-refractivity contribution in [2.75, 3.05) is 13.7 Å². The van der Waals surface area contributed by atoms with Crippen LogP contribution in [0, 0.1) is 0 Å². The molecule has 1 rings (SSSR count). The van der Waals surface area contributed by atoms with Crippen LogP contribution >= 0.6 is 0 Å². The molecule has 0 unspecified atom stereocenters. The largest absolute Gasteiger partial charge is 0.468 e. The van der Waals surface area contributed by atoms with E-state index < -0.39 is 11.9 Å². The van der Waals surface area contributed by atoms with Crippen LogP contribution < -0.4 is 5.32 Å². The van der Waals surface area contributed by atoms with E-state index >= 15 is 0 Å². The highest BCUT2D eigenvalue weighted by atomic mass is 16.5. The van der Waals surface area contributed by atoms with Crippen LogP contribution in [-0.4, -0.2) is 25.6 Å². The van der Waals surface area contributed by atoms with Crippen LogP contribution in [0.5, 0.6) is 0 Å². The molecule has 0 aromatic heterocycles. The Balaban J connectivity index is 2.21. The maximum atomic E-state index is 11.3. The van der Waals surface area contributed by atoms with Gasteiger partial charge in [0.05, 0.1) is 7.11 Å². The molecule has 0 spiro atoms. The second kappa shape index (κ2) is 7.89. The summed E-state index contributed by atoms with van der Waals surface area (Å²) in [6.45, 7) is 0.236. The van der Waals surface area contributed by atoms with Gasteiger partial charge in [-0.1, -0.05) is 30.3 Å².